The molecular formula is C10H20NO2+. The van der Waals surface area contributed by atoms with E-state index in [4.69, 9.17) is 4.74 Å². The highest BCUT2D eigenvalue weighted by molar-refractivity contribution is 5.65. The van der Waals surface area contributed by atoms with E-state index in [9.17, 15) is 4.79 Å². The largest absolute Gasteiger partial charge is 0.460 e. The van der Waals surface area contributed by atoms with Crippen LogP contribution in [0.5, 0.6) is 0 Å². The van der Waals surface area contributed by atoms with Gasteiger partial charge in [-0.15, -0.1) is 0 Å². The van der Waals surface area contributed by atoms with Gasteiger partial charge in [-0.3, -0.25) is 4.79 Å². The lowest BCUT2D eigenvalue weighted by Crippen LogP contribution is -2.44. The third kappa shape index (κ3) is 4.88. The van der Waals surface area contributed by atoms with Crippen LogP contribution in [0.1, 0.15) is 19.8 Å². The van der Waals surface area contributed by atoms with Gasteiger partial charge in [-0.25, -0.2) is 0 Å². The average molecular weight is 186 g/mol. The Bertz CT molecular complexity index is 185. The average Bonchev–Trinajstić information content (AvgIpc) is 2.68. The summed E-state index contributed by atoms with van der Waals surface area (Å²) in [7, 11) is 4.39. The second-order valence-corrected chi connectivity index (χ2v) is 4.63. The fourth-order valence-electron chi connectivity index (χ4n) is 1.53. The Morgan fingerprint density at radius 3 is 2.54 bits per heavy atom. The van der Waals surface area contributed by atoms with E-state index in [0.717, 1.165) is 16.9 Å². The van der Waals surface area contributed by atoms with Gasteiger partial charge in [-0.1, -0.05) is 0 Å². The van der Waals surface area contributed by atoms with Gasteiger partial charge in [0.05, 0.1) is 20.6 Å². The molecule has 3 nitrogen and oxygen atoms in total. The van der Waals surface area contributed by atoms with Gasteiger partial charge in [0.25, 0.3) is 0 Å². The predicted molar refractivity (Wildman–Crippen MR) is 51.2 cm³/mol. The predicted octanol–water partition coefficient (Wildman–Crippen LogP) is 1.04. The third-order valence-corrected chi connectivity index (χ3v) is 2.45. The van der Waals surface area contributed by atoms with Crippen molar-refractivity contribution in [3.05, 3.63) is 0 Å². The normalized spacial score (nSPS) is 17.2. The second-order valence-electron chi connectivity index (χ2n) is 4.63. The molecule has 13 heavy (non-hydrogen) atoms. The van der Waals surface area contributed by atoms with Crippen molar-refractivity contribution in [2.24, 2.45) is 5.92 Å². The molecule has 1 saturated carbocycles. The second kappa shape index (κ2) is 4.09. The van der Waals surface area contributed by atoms with Gasteiger partial charge in [0.2, 0.25) is 0 Å². The molecule has 0 N–H and O–H groups in total. The van der Waals surface area contributed by atoms with E-state index in [1.807, 2.05) is 0 Å². The van der Waals surface area contributed by atoms with E-state index >= 15 is 0 Å². The van der Waals surface area contributed by atoms with Gasteiger partial charge < -0.3 is 9.22 Å². The molecule has 1 aliphatic rings. The summed E-state index contributed by atoms with van der Waals surface area (Å²) in [6.07, 6.45) is 2.77. The standard InChI is InChI=1S/C10H20NO2/c1-9(12)13-7-6-11(2,3)8-10-4-5-10/h10H,4-8H2,1-3H3/q+1. The van der Waals surface area contributed by atoms with Gasteiger partial charge >= 0.3 is 5.97 Å². The lowest BCUT2D eigenvalue weighted by atomic mass is 10.3. The Balaban J connectivity index is 2.12. The summed E-state index contributed by atoms with van der Waals surface area (Å²) in [6, 6.07) is 0. The van der Waals surface area contributed by atoms with E-state index < -0.39 is 0 Å². The first-order valence-corrected chi connectivity index (χ1v) is 4.95. The van der Waals surface area contributed by atoms with Crippen molar-refractivity contribution in [1.82, 2.24) is 0 Å². The van der Waals surface area contributed by atoms with Crippen molar-refractivity contribution in [2.75, 3.05) is 33.8 Å². The summed E-state index contributed by atoms with van der Waals surface area (Å²) in [6.45, 7) is 4.16. The zero-order chi connectivity index (χ0) is 9.90. The molecule has 0 amide bonds. The summed E-state index contributed by atoms with van der Waals surface area (Å²) in [5.74, 6) is 0.749. The minimum absolute atomic E-state index is 0.175. The molecule has 0 saturated heterocycles. The molecule has 1 aliphatic carbocycles. The zero-order valence-corrected chi connectivity index (χ0v) is 8.88. The molecule has 3 heteroatoms. The van der Waals surface area contributed by atoms with Gasteiger partial charge in [0, 0.05) is 12.8 Å². The maximum Gasteiger partial charge on any atom is 0.302 e. The Morgan fingerprint density at radius 2 is 2.08 bits per heavy atom. The van der Waals surface area contributed by atoms with Crippen LogP contribution in [-0.4, -0.2) is 44.2 Å². The van der Waals surface area contributed by atoms with Crippen molar-refractivity contribution in [3.63, 3.8) is 0 Å². The van der Waals surface area contributed by atoms with Crippen molar-refractivity contribution >= 4 is 5.97 Å². The highest BCUT2D eigenvalue weighted by Crippen LogP contribution is 2.30. The van der Waals surface area contributed by atoms with E-state index in [2.05, 4.69) is 14.1 Å². The maximum absolute atomic E-state index is 10.5. The van der Waals surface area contributed by atoms with Crippen LogP contribution in [0.25, 0.3) is 0 Å². The highest BCUT2D eigenvalue weighted by Gasteiger charge is 2.29. The number of hydrogen-bond acceptors (Lipinski definition) is 2. The maximum atomic E-state index is 10.5. The first-order valence-electron chi connectivity index (χ1n) is 4.95. The molecule has 0 bridgehead atoms. The third-order valence-electron chi connectivity index (χ3n) is 2.45. The Hall–Kier alpha value is -0.570. The highest BCUT2D eigenvalue weighted by atomic mass is 16.5. The van der Waals surface area contributed by atoms with Crippen LogP contribution in [0.3, 0.4) is 0 Å². The number of rotatable bonds is 5. The van der Waals surface area contributed by atoms with Crippen LogP contribution >= 0.6 is 0 Å². The van der Waals surface area contributed by atoms with Crippen molar-refractivity contribution < 1.29 is 14.0 Å². The summed E-state index contributed by atoms with van der Waals surface area (Å²) in [5.41, 5.74) is 0. The number of nitrogens with zero attached hydrogens (tertiary/aromatic N) is 1. The van der Waals surface area contributed by atoms with Crippen LogP contribution in [0.15, 0.2) is 0 Å². The molecule has 0 aromatic heterocycles. The van der Waals surface area contributed by atoms with Crippen LogP contribution in [0.4, 0.5) is 0 Å². The van der Waals surface area contributed by atoms with Crippen LogP contribution in [-0.2, 0) is 9.53 Å². The number of carbonyl (C=O) groups is 1. The van der Waals surface area contributed by atoms with Crippen LogP contribution in [0.2, 0.25) is 0 Å². The molecule has 0 radical (unpaired) electrons. The smallest absolute Gasteiger partial charge is 0.302 e. The summed E-state index contributed by atoms with van der Waals surface area (Å²) >= 11 is 0. The van der Waals surface area contributed by atoms with Gasteiger partial charge in [0.1, 0.15) is 13.2 Å². The molecule has 0 atom stereocenters. The number of carbonyl (C=O) groups excluding carboxylic acids is 1. The first kappa shape index (κ1) is 10.5. The van der Waals surface area contributed by atoms with E-state index in [1.54, 1.807) is 0 Å². The molecular weight excluding hydrogens is 166 g/mol. The Kier molecular flexibility index (Phi) is 3.31. The SMILES string of the molecule is CC(=O)OCC[N+](C)(C)CC1CC1. The summed E-state index contributed by atoms with van der Waals surface area (Å²) in [5, 5.41) is 0. The van der Waals surface area contributed by atoms with Gasteiger partial charge in [-0.05, 0) is 12.8 Å². The monoisotopic (exact) mass is 186 g/mol. The number of hydrogen-bond donors (Lipinski definition) is 0. The molecule has 0 heterocycles. The quantitative estimate of drug-likeness (QED) is 0.473. The Morgan fingerprint density at radius 1 is 1.46 bits per heavy atom. The zero-order valence-electron chi connectivity index (χ0n) is 8.88. The summed E-state index contributed by atoms with van der Waals surface area (Å²) < 4.78 is 5.90. The minimum atomic E-state index is -0.175. The van der Waals surface area contributed by atoms with Crippen molar-refractivity contribution in [3.8, 4) is 0 Å². The minimum Gasteiger partial charge on any atom is -0.460 e. The Labute approximate surface area is 80.3 Å². The van der Waals surface area contributed by atoms with Gasteiger partial charge in [-0.2, -0.15) is 0 Å². The molecule has 0 aliphatic heterocycles. The number of esters is 1. The molecule has 0 unspecified atom stereocenters. The molecule has 76 valence electrons. The molecule has 0 aromatic carbocycles. The number of quaternary nitrogens is 1. The van der Waals surface area contributed by atoms with E-state index in [1.165, 1.54) is 26.3 Å². The number of likely N-dealkylation sites (N-methyl/N-ethyl adjacent to an activating group) is 1. The molecule has 1 rings (SSSR count). The first-order chi connectivity index (χ1) is 5.99. The lowest BCUT2D eigenvalue weighted by Gasteiger charge is -2.29. The number of ether oxygens (including phenoxy) is 1. The molecule has 0 spiro atoms. The topological polar surface area (TPSA) is 26.3 Å². The van der Waals surface area contributed by atoms with Gasteiger partial charge in [0.15, 0.2) is 0 Å². The van der Waals surface area contributed by atoms with Crippen LogP contribution in [0, 0.1) is 5.92 Å². The molecule has 1 fully saturated rings. The van der Waals surface area contributed by atoms with Crippen molar-refractivity contribution in [1.29, 1.82) is 0 Å². The fourth-order valence-corrected chi connectivity index (χ4v) is 1.53. The summed E-state index contributed by atoms with van der Waals surface area (Å²) in [4.78, 5) is 10.5. The van der Waals surface area contributed by atoms with E-state index in [-0.39, 0.29) is 5.97 Å². The lowest BCUT2D eigenvalue weighted by molar-refractivity contribution is -0.892. The van der Waals surface area contributed by atoms with Crippen LogP contribution < -0.4 is 0 Å². The van der Waals surface area contributed by atoms with E-state index in [0.29, 0.717) is 6.61 Å². The van der Waals surface area contributed by atoms with Crippen molar-refractivity contribution in [2.45, 2.75) is 19.8 Å². The fraction of sp³-hybridized carbons (Fsp3) is 0.900. The molecule has 0 aromatic rings.